The van der Waals surface area contributed by atoms with Crippen molar-refractivity contribution in [1.82, 2.24) is 20.1 Å². The van der Waals surface area contributed by atoms with Crippen molar-refractivity contribution in [2.24, 2.45) is 0 Å². The second-order valence-electron chi connectivity index (χ2n) is 10.9. The van der Waals surface area contributed by atoms with Gasteiger partial charge in [-0.15, -0.1) is 0 Å². The molecule has 0 saturated carbocycles. The number of ether oxygens (including phenoxy) is 2. The van der Waals surface area contributed by atoms with E-state index in [2.05, 4.69) is 10.3 Å². The van der Waals surface area contributed by atoms with Gasteiger partial charge in [-0.05, 0) is 53.6 Å². The van der Waals surface area contributed by atoms with Gasteiger partial charge >= 0.3 is 0 Å². The molecular weight excluding hydrogens is 574 g/mol. The minimum absolute atomic E-state index is 0.121. The van der Waals surface area contributed by atoms with Crippen LogP contribution in [0.4, 0.5) is 5.69 Å². The summed E-state index contributed by atoms with van der Waals surface area (Å²) in [5, 5.41) is 3.74. The molecule has 0 radical (unpaired) electrons. The van der Waals surface area contributed by atoms with Crippen molar-refractivity contribution < 1.29 is 28.7 Å². The molecule has 0 unspecified atom stereocenters. The number of fused-ring (bicyclic) bond motifs is 1. The maximum atomic E-state index is 13.6. The SMILES string of the molecule is COc1ccc(N(C)C(=O)[C@H](Cc2ccccc2)NC(=O)CN2CCN(C(=O)Cc3c[nH]c4ccc(OC)cc34)CC2=O)cc1. The molecule has 2 N–H and O–H groups in total. The molecule has 1 fully saturated rings. The predicted octanol–water partition coefficient (Wildman–Crippen LogP) is 2.79. The molecule has 11 heteroatoms. The van der Waals surface area contributed by atoms with Gasteiger partial charge in [0, 0.05) is 49.3 Å². The fourth-order valence-electron chi connectivity index (χ4n) is 5.42. The standard InChI is InChI=1S/C34H37N5O6/c1-37(25-9-11-26(44-2)12-10-25)34(43)30(17-23-7-5-4-6-8-23)36-31(40)21-38-15-16-39(22-33(38)42)32(41)18-24-20-35-29-14-13-27(45-3)19-28(24)29/h4-14,19-20,30,35H,15-18,21-22H2,1-3H3,(H,36,40)/t30-/m0/s1. The van der Waals surface area contributed by atoms with E-state index in [9.17, 15) is 19.2 Å². The van der Waals surface area contributed by atoms with Crippen LogP contribution in [0, 0.1) is 0 Å². The number of methoxy groups -OCH3 is 2. The van der Waals surface area contributed by atoms with E-state index in [1.54, 1.807) is 51.7 Å². The molecule has 5 rings (SSSR count). The van der Waals surface area contributed by atoms with Crippen LogP contribution in [0.2, 0.25) is 0 Å². The van der Waals surface area contributed by atoms with E-state index in [-0.39, 0.29) is 50.2 Å². The van der Waals surface area contributed by atoms with Crippen molar-refractivity contribution in [2.45, 2.75) is 18.9 Å². The first kappa shape index (κ1) is 31.1. The zero-order valence-electron chi connectivity index (χ0n) is 25.6. The number of aromatic amines is 1. The Labute approximate surface area is 261 Å². The molecule has 0 aliphatic carbocycles. The van der Waals surface area contributed by atoms with Gasteiger partial charge in [0.05, 0.1) is 33.7 Å². The minimum atomic E-state index is -0.861. The number of likely N-dealkylation sites (N-methyl/N-ethyl adjacent to an activating group) is 1. The molecule has 45 heavy (non-hydrogen) atoms. The van der Waals surface area contributed by atoms with Gasteiger partial charge in [-0.2, -0.15) is 0 Å². The molecule has 1 atom stereocenters. The van der Waals surface area contributed by atoms with Crippen LogP contribution in [0.25, 0.3) is 10.9 Å². The van der Waals surface area contributed by atoms with Gasteiger partial charge in [0.1, 0.15) is 17.5 Å². The second kappa shape index (κ2) is 14.0. The van der Waals surface area contributed by atoms with E-state index < -0.39 is 11.9 Å². The Morgan fingerprint density at radius 1 is 0.956 bits per heavy atom. The Hall–Kier alpha value is -5.32. The van der Waals surface area contributed by atoms with Gasteiger partial charge in [0.2, 0.25) is 23.6 Å². The first-order valence-electron chi connectivity index (χ1n) is 14.7. The predicted molar refractivity (Wildman–Crippen MR) is 170 cm³/mol. The molecule has 3 aromatic carbocycles. The summed E-state index contributed by atoms with van der Waals surface area (Å²) in [5.74, 6) is 0.108. The smallest absolute Gasteiger partial charge is 0.249 e. The number of aromatic nitrogens is 1. The molecule has 0 spiro atoms. The number of nitrogens with one attached hydrogen (secondary N) is 2. The van der Waals surface area contributed by atoms with E-state index in [1.807, 2.05) is 48.5 Å². The summed E-state index contributed by atoms with van der Waals surface area (Å²) in [6.45, 7) is 0.178. The number of anilines is 1. The number of hydrogen-bond donors (Lipinski definition) is 2. The highest BCUT2D eigenvalue weighted by atomic mass is 16.5. The van der Waals surface area contributed by atoms with E-state index in [4.69, 9.17) is 9.47 Å². The summed E-state index contributed by atoms with van der Waals surface area (Å²) < 4.78 is 10.5. The van der Waals surface area contributed by atoms with Crippen LogP contribution >= 0.6 is 0 Å². The number of carbonyl (C=O) groups excluding carboxylic acids is 4. The van der Waals surface area contributed by atoms with E-state index in [0.717, 1.165) is 22.0 Å². The lowest BCUT2D eigenvalue weighted by atomic mass is 10.0. The highest BCUT2D eigenvalue weighted by Crippen LogP contribution is 2.25. The van der Waals surface area contributed by atoms with Crippen LogP contribution in [-0.4, -0.2) is 91.9 Å². The zero-order chi connectivity index (χ0) is 31.9. The van der Waals surface area contributed by atoms with Crippen LogP contribution in [0.3, 0.4) is 0 Å². The molecule has 1 aromatic heterocycles. The number of H-pyrrole nitrogens is 1. The van der Waals surface area contributed by atoms with Crippen LogP contribution < -0.4 is 19.7 Å². The van der Waals surface area contributed by atoms with Gasteiger partial charge in [-0.3, -0.25) is 19.2 Å². The van der Waals surface area contributed by atoms with Crippen molar-refractivity contribution in [1.29, 1.82) is 0 Å². The van der Waals surface area contributed by atoms with Crippen LogP contribution in [0.1, 0.15) is 11.1 Å². The quantitative estimate of drug-likeness (QED) is 0.269. The average molecular weight is 612 g/mol. The van der Waals surface area contributed by atoms with Gasteiger partial charge in [0.15, 0.2) is 0 Å². The third kappa shape index (κ3) is 7.43. The molecule has 1 saturated heterocycles. The number of carbonyl (C=O) groups is 4. The second-order valence-corrected chi connectivity index (χ2v) is 10.9. The fraction of sp³-hybridized carbons (Fsp3) is 0.294. The van der Waals surface area contributed by atoms with Crippen molar-refractivity contribution in [2.75, 3.05) is 52.3 Å². The normalized spacial score (nSPS) is 13.8. The van der Waals surface area contributed by atoms with Crippen LogP contribution in [-0.2, 0) is 32.0 Å². The third-order valence-electron chi connectivity index (χ3n) is 8.03. The minimum Gasteiger partial charge on any atom is -0.497 e. The zero-order valence-corrected chi connectivity index (χ0v) is 25.6. The molecule has 4 aromatic rings. The van der Waals surface area contributed by atoms with Gasteiger partial charge < -0.3 is 34.5 Å². The molecule has 0 bridgehead atoms. The Bertz CT molecular complexity index is 1670. The lowest BCUT2D eigenvalue weighted by Crippen LogP contribution is -2.56. The fourth-order valence-corrected chi connectivity index (χ4v) is 5.42. The lowest BCUT2D eigenvalue weighted by molar-refractivity contribution is -0.146. The first-order chi connectivity index (χ1) is 21.7. The molecule has 2 heterocycles. The topological polar surface area (TPSA) is 124 Å². The summed E-state index contributed by atoms with van der Waals surface area (Å²) in [4.78, 5) is 60.6. The van der Waals surface area contributed by atoms with Crippen molar-refractivity contribution in [3.63, 3.8) is 0 Å². The summed E-state index contributed by atoms with van der Waals surface area (Å²) in [7, 11) is 4.81. The number of amides is 4. The Kier molecular flexibility index (Phi) is 9.67. The summed E-state index contributed by atoms with van der Waals surface area (Å²) in [6.07, 6.45) is 2.21. The maximum absolute atomic E-state index is 13.6. The monoisotopic (exact) mass is 611 g/mol. The Morgan fingerprint density at radius 3 is 2.36 bits per heavy atom. The van der Waals surface area contributed by atoms with E-state index >= 15 is 0 Å². The summed E-state index contributed by atoms with van der Waals surface area (Å²) >= 11 is 0. The van der Waals surface area contributed by atoms with E-state index in [0.29, 0.717) is 23.7 Å². The number of hydrogen-bond acceptors (Lipinski definition) is 6. The number of rotatable bonds is 11. The van der Waals surface area contributed by atoms with Crippen LogP contribution in [0.15, 0.2) is 79.0 Å². The first-order valence-corrected chi connectivity index (χ1v) is 14.7. The average Bonchev–Trinajstić information content (AvgIpc) is 3.46. The largest absolute Gasteiger partial charge is 0.497 e. The number of piperazine rings is 1. The molecule has 4 amide bonds. The van der Waals surface area contributed by atoms with Gasteiger partial charge in [0.25, 0.3) is 0 Å². The third-order valence-corrected chi connectivity index (χ3v) is 8.03. The number of benzene rings is 3. The molecule has 1 aliphatic rings. The summed E-state index contributed by atoms with van der Waals surface area (Å²) in [5.41, 5.74) is 3.24. The van der Waals surface area contributed by atoms with Crippen molar-refractivity contribution >= 4 is 40.2 Å². The maximum Gasteiger partial charge on any atom is 0.249 e. The number of nitrogens with zero attached hydrogens (tertiary/aromatic N) is 3. The van der Waals surface area contributed by atoms with Crippen LogP contribution in [0.5, 0.6) is 11.5 Å². The van der Waals surface area contributed by atoms with Gasteiger partial charge in [-0.1, -0.05) is 30.3 Å². The van der Waals surface area contributed by atoms with Gasteiger partial charge in [-0.25, -0.2) is 0 Å². The Balaban J connectivity index is 1.20. The van der Waals surface area contributed by atoms with Crippen molar-refractivity contribution in [3.05, 3.63) is 90.1 Å². The molecule has 234 valence electrons. The summed E-state index contributed by atoms with van der Waals surface area (Å²) in [6, 6.07) is 21.2. The van der Waals surface area contributed by atoms with E-state index in [1.165, 1.54) is 14.7 Å². The van der Waals surface area contributed by atoms with Crippen molar-refractivity contribution in [3.8, 4) is 11.5 Å². The highest BCUT2D eigenvalue weighted by Gasteiger charge is 2.31. The molecular formula is C34H37N5O6. The molecule has 1 aliphatic heterocycles. The Morgan fingerprint density at radius 2 is 1.67 bits per heavy atom. The highest BCUT2D eigenvalue weighted by molar-refractivity contribution is 5.99. The lowest BCUT2D eigenvalue weighted by Gasteiger charge is -2.34. The molecule has 11 nitrogen and oxygen atoms in total.